The first-order valence-electron chi connectivity index (χ1n) is 6.48. The fourth-order valence-electron chi connectivity index (χ4n) is 2.01. The summed E-state index contributed by atoms with van der Waals surface area (Å²) in [6, 6.07) is 10.6. The van der Waals surface area contributed by atoms with Crippen LogP contribution in [0.3, 0.4) is 0 Å². The molecule has 3 aromatic rings. The Kier molecular flexibility index (Phi) is 4.02. The van der Waals surface area contributed by atoms with E-state index in [0.717, 1.165) is 0 Å². The highest BCUT2D eigenvalue weighted by Crippen LogP contribution is 2.33. The first-order valence-corrected chi connectivity index (χ1v) is 7.36. The van der Waals surface area contributed by atoms with Gasteiger partial charge in [-0.1, -0.05) is 12.1 Å². The number of para-hydroxylation sites is 1. The lowest BCUT2D eigenvalue weighted by atomic mass is 10.1. The number of benzene rings is 2. The molecule has 3 rings (SSSR count). The lowest BCUT2D eigenvalue weighted by molar-refractivity contribution is 0.415. The predicted octanol–water partition coefficient (Wildman–Crippen LogP) is 4.84. The number of thiazole rings is 1. The minimum Gasteiger partial charge on any atom is -0.496 e. The second-order valence-corrected chi connectivity index (χ2v) is 5.35. The van der Waals surface area contributed by atoms with Gasteiger partial charge < -0.3 is 10.1 Å². The number of halogens is 2. The summed E-state index contributed by atoms with van der Waals surface area (Å²) in [7, 11) is 1.52. The van der Waals surface area contributed by atoms with Crippen LogP contribution in [0.2, 0.25) is 0 Å². The van der Waals surface area contributed by atoms with Crippen LogP contribution in [0.4, 0.5) is 19.6 Å². The van der Waals surface area contributed by atoms with Crippen LogP contribution in [0.5, 0.6) is 5.75 Å². The van der Waals surface area contributed by atoms with Crippen molar-refractivity contribution in [3.8, 4) is 17.0 Å². The zero-order chi connectivity index (χ0) is 15.5. The fraction of sp³-hybridized carbons (Fsp3) is 0.0625. The summed E-state index contributed by atoms with van der Waals surface area (Å²) >= 11 is 1.31. The van der Waals surface area contributed by atoms with Gasteiger partial charge >= 0.3 is 0 Å². The quantitative estimate of drug-likeness (QED) is 0.747. The van der Waals surface area contributed by atoms with E-state index < -0.39 is 0 Å². The van der Waals surface area contributed by atoms with E-state index in [1.54, 1.807) is 29.6 Å². The lowest BCUT2D eigenvalue weighted by Crippen LogP contribution is -1.93. The Bertz CT molecular complexity index is 804. The van der Waals surface area contributed by atoms with E-state index in [9.17, 15) is 8.78 Å². The molecular weight excluding hydrogens is 306 g/mol. The Morgan fingerprint density at radius 1 is 1.14 bits per heavy atom. The van der Waals surface area contributed by atoms with Crippen molar-refractivity contribution in [1.82, 2.24) is 4.98 Å². The number of anilines is 2. The number of methoxy groups -OCH3 is 1. The van der Waals surface area contributed by atoms with Gasteiger partial charge in [0.1, 0.15) is 17.4 Å². The minimum absolute atomic E-state index is 0.342. The highest BCUT2D eigenvalue weighted by Gasteiger charge is 2.12. The van der Waals surface area contributed by atoms with Gasteiger partial charge in [0.15, 0.2) is 5.13 Å². The molecule has 1 N–H and O–H groups in total. The zero-order valence-electron chi connectivity index (χ0n) is 11.6. The average molecular weight is 318 g/mol. The van der Waals surface area contributed by atoms with Crippen molar-refractivity contribution >= 4 is 22.2 Å². The molecule has 0 spiro atoms. The molecule has 0 saturated heterocycles. The van der Waals surface area contributed by atoms with Gasteiger partial charge in [0.2, 0.25) is 0 Å². The van der Waals surface area contributed by atoms with Crippen molar-refractivity contribution in [3.63, 3.8) is 0 Å². The van der Waals surface area contributed by atoms with E-state index in [1.807, 2.05) is 0 Å². The minimum atomic E-state index is -0.368. The molecule has 0 unspecified atom stereocenters. The molecule has 0 atom stereocenters. The molecule has 1 heterocycles. The molecule has 6 heteroatoms. The van der Waals surface area contributed by atoms with Gasteiger partial charge in [-0.15, -0.1) is 11.3 Å². The van der Waals surface area contributed by atoms with Gasteiger partial charge in [0.25, 0.3) is 0 Å². The lowest BCUT2D eigenvalue weighted by Gasteiger charge is -2.06. The molecule has 0 aliphatic rings. The van der Waals surface area contributed by atoms with Crippen LogP contribution in [0, 0.1) is 11.6 Å². The molecule has 22 heavy (non-hydrogen) atoms. The van der Waals surface area contributed by atoms with Crippen molar-refractivity contribution in [3.05, 3.63) is 59.5 Å². The Hall–Kier alpha value is -2.47. The van der Waals surface area contributed by atoms with Gasteiger partial charge in [0, 0.05) is 10.9 Å². The van der Waals surface area contributed by atoms with Gasteiger partial charge in [-0.2, -0.15) is 0 Å². The third kappa shape index (κ3) is 2.92. The standard InChI is InChI=1S/C16H12F2N2OS/c1-21-15-7-6-10(17)8-11(15)14-9-22-16(20-14)19-13-5-3-2-4-12(13)18/h2-9H,1H3,(H,19,20). The first kappa shape index (κ1) is 14.5. The van der Waals surface area contributed by atoms with Gasteiger partial charge in [0.05, 0.1) is 18.5 Å². The molecular formula is C16H12F2N2OS. The third-order valence-electron chi connectivity index (χ3n) is 3.06. The number of nitrogens with zero attached hydrogens (tertiary/aromatic N) is 1. The summed E-state index contributed by atoms with van der Waals surface area (Å²) in [6.45, 7) is 0. The topological polar surface area (TPSA) is 34.1 Å². The predicted molar refractivity (Wildman–Crippen MR) is 83.7 cm³/mol. The Labute approximate surface area is 130 Å². The van der Waals surface area contributed by atoms with E-state index in [-0.39, 0.29) is 11.6 Å². The number of aromatic nitrogens is 1. The summed E-state index contributed by atoms with van der Waals surface area (Å²) in [5.41, 5.74) is 1.47. The van der Waals surface area contributed by atoms with Crippen molar-refractivity contribution < 1.29 is 13.5 Å². The van der Waals surface area contributed by atoms with Gasteiger partial charge in [-0.05, 0) is 30.3 Å². The van der Waals surface area contributed by atoms with E-state index in [1.165, 1.54) is 36.6 Å². The van der Waals surface area contributed by atoms with Crippen LogP contribution in [0.25, 0.3) is 11.3 Å². The molecule has 2 aromatic carbocycles. The summed E-state index contributed by atoms with van der Waals surface area (Å²) < 4.78 is 32.3. The van der Waals surface area contributed by atoms with Crippen LogP contribution in [-0.2, 0) is 0 Å². The molecule has 0 aliphatic heterocycles. The summed E-state index contributed by atoms with van der Waals surface area (Å²) in [5, 5.41) is 5.20. The monoisotopic (exact) mass is 318 g/mol. The second-order valence-electron chi connectivity index (χ2n) is 4.49. The summed E-state index contributed by atoms with van der Waals surface area (Å²) in [6.07, 6.45) is 0. The normalized spacial score (nSPS) is 10.5. The van der Waals surface area contributed by atoms with Crippen LogP contribution >= 0.6 is 11.3 Å². The van der Waals surface area contributed by atoms with E-state index in [0.29, 0.717) is 27.8 Å². The van der Waals surface area contributed by atoms with Crippen LogP contribution in [0.1, 0.15) is 0 Å². The molecule has 0 fully saturated rings. The molecule has 0 amide bonds. The Morgan fingerprint density at radius 3 is 2.73 bits per heavy atom. The SMILES string of the molecule is COc1ccc(F)cc1-c1csc(Nc2ccccc2F)n1. The maximum absolute atomic E-state index is 13.6. The Morgan fingerprint density at radius 2 is 1.95 bits per heavy atom. The van der Waals surface area contributed by atoms with E-state index >= 15 is 0 Å². The highest BCUT2D eigenvalue weighted by molar-refractivity contribution is 7.14. The maximum atomic E-state index is 13.6. The Balaban J connectivity index is 1.91. The maximum Gasteiger partial charge on any atom is 0.187 e. The first-order chi connectivity index (χ1) is 10.7. The fourth-order valence-corrected chi connectivity index (χ4v) is 2.74. The van der Waals surface area contributed by atoms with Crippen molar-refractivity contribution in [1.29, 1.82) is 0 Å². The second kappa shape index (κ2) is 6.11. The zero-order valence-corrected chi connectivity index (χ0v) is 12.5. The molecule has 0 saturated carbocycles. The number of rotatable bonds is 4. The van der Waals surface area contributed by atoms with Gasteiger partial charge in [-0.3, -0.25) is 0 Å². The molecule has 0 radical (unpaired) electrons. The summed E-state index contributed by atoms with van der Waals surface area (Å²) in [4.78, 5) is 4.36. The molecule has 3 nitrogen and oxygen atoms in total. The van der Waals surface area contributed by atoms with Crippen LogP contribution < -0.4 is 10.1 Å². The number of ether oxygens (including phenoxy) is 1. The smallest absolute Gasteiger partial charge is 0.187 e. The largest absolute Gasteiger partial charge is 0.496 e. The van der Waals surface area contributed by atoms with Gasteiger partial charge in [-0.25, -0.2) is 13.8 Å². The van der Waals surface area contributed by atoms with Crippen LogP contribution in [-0.4, -0.2) is 12.1 Å². The van der Waals surface area contributed by atoms with E-state index in [2.05, 4.69) is 10.3 Å². The number of hydrogen-bond donors (Lipinski definition) is 1. The molecule has 1 aromatic heterocycles. The third-order valence-corrected chi connectivity index (χ3v) is 3.81. The molecule has 0 aliphatic carbocycles. The molecule has 112 valence electrons. The summed E-state index contributed by atoms with van der Waals surface area (Å²) in [5.74, 6) is -0.195. The number of nitrogens with one attached hydrogen (secondary N) is 1. The van der Waals surface area contributed by atoms with Crippen molar-refractivity contribution in [2.45, 2.75) is 0 Å². The average Bonchev–Trinajstić information content (AvgIpc) is 2.98. The highest BCUT2D eigenvalue weighted by atomic mass is 32.1. The van der Waals surface area contributed by atoms with Crippen molar-refractivity contribution in [2.75, 3.05) is 12.4 Å². The van der Waals surface area contributed by atoms with Crippen LogP contribution in [0.15, 0.2) is 47.8 Å². The van der Waals surface area contributed by atoms with E-state index in [4.69, 9.17) is 4.74 Å². The molecule has 0 bridgehead atoms. The van der Waals surface area contributed by atoms with Crippen molar-refractivity contribution in [2.24, 2.45) is 0 Å². The number of hydrogen-bond acceptors (Lipinski definition) is 4.